The van der Waals surface area contributed by atoms with Gasteiger partial charge in [0.15, 0.2) is 0 Å². The second-order valence-electron chi connectivity index (χ2n) is 9.20. The molecule has 6 heteroatoms. The molecule has 2 amide bonds. The molecule has 2 aliphatic heterocycles. The molecule has 2 aliphatic rings. The molecule has 28 heavy (non-hydrogen) atoms. The Hall–Kier alpha value is -2.24. The van der Waals surface area contributed by atoms with Gasteiger partial charge in [-0.2, -0.15) is 0 Å². The van der Waals surface area contributed by atoms with Crippen LogP contribution in [0.1, 0.15) is 58.6 Å². The van der Waals surface area contributed by atoms with Gasteiger partial charge in [0.2, 0.25) is 5.91 Å². The quantitative estimate of drug-likeness (QED) is 0.850. The molecule has 1 N–H and O–H groups in total. The number of nitrogens with one attached hydrogen (secondary N) is 1. The van der Waals surface area contributed by atoms with Crippen LogP contribution in [0.4, 0.5) is 10.5 Å². The Morgan fingerprint density at radius 1 is 1.14 bits per heavy atom. The number of rotatable bonds is 3. The lowest BCUT2D eigenvalue weighted by Crippen LogP contribution is -2.44. The maximum atomic E-state index is 12.8. The van der Waals surface area contributed by atoms with Gasteiger partial charge in [-0.1, -0.05) is 19.1 Å². The van der Waals surface area contributed by atoms with Crippen molar-refractivity contribution in [1.82, 2.24) is 9.80 Å². The van der Waals surface area contributed by atoms with E-state index in [1.807, 2.05) is 44.9 Å². The highest BCUT2D eigenvalue weighted by Crippen LogP contribution is 2.35. The molecule has 2 saturated heterocycles. The lowest BCUT2D eigenvalue weighted by atomic mass is 9.90. The zero-order chi connectivity index (χ0) is 20.5. The summed E-state index contributed by atoms with van der Waals surface area (Å²) < 4.78 is 5.64. The van der Waals surface area contributed by atoms with Gasteiger partial charge >= 0.3 is 6.09 Å². The summed E-state index contributed by atoms with van der Waals surface area (Å²) >= 11 is 0. The highest BCUT2D eigenvalue weighted by atomic mass is 16.6. The second kappa shape index (κ2) is 8.02. The summed E-state index contributed by atoms with van der Waals surface area (Å²) in [5.41, 5.74) is 1.54. The average Bonchev–Trinajstić information content (AvgIpc) is 2.93. The number of likely N-dealkylation sites (N-methyl/N-ethyl adjacent to an activating group) is 1. The summed E-state index contributed by atoms with van der Waals surface area (Å²) in [5.74, 6) is 0.608. The fraction of sp³-hybridized carbons (Fsp3) is 0.636. The molecular weight excluding hydrogens is 354 g/mol. The predicted octanol–water partition coefficient (Wildman–Crippen LogP) is 4.04. The fourth-order valence-corrected chi connectivity index (χ4v) is 3.98. The first-order valence-corrected chi connectivity index (χ1v) is 10.2. The van der Waals surface area contributed by atoms with Crippen LogP contribution in [0.2, 0.25) is 0 Å². The molecule has 2 heterocycles. The van der Waals surface area contributed by atoms with E-state index < -0.39 is 5.60 Å². The van der Waals surface area contributed by atoms with E-state index in [4.69, 9.17) is 4.74 Å². The van der Waals surface area contributed by atoms with E-state index in [2.05, 4.69) is 24.4 Å². The standard InChI is InChI=1S/C22H33N3O3/c1-15-6-11-19(25(14-15)21(27)28-22(2,3)4)16-7-9-17(10-8-16)23-18-12-13-24(5)20(18)26/h7-10,15,18-19,23H,6,11-14H2,1-5H3/t15-,18?,19+/m1/s1. The summed E-state index contributed by atoms with van der Waals surface area (Å²) in [4.78, 5) is 28.5. The van der Waals surface area contributed by atoms with Gasteiger partial charge in [0.25, 0.3) is 0 Å². The number of benzene rings is 1. The van der Waals surface area contributed by atoms with Gasteiger partial charge in [-0.05, 0) is 63.6 Å². The van der Waals surface area contributed by atoms with E-state index in [0.29, 0.717) is 12.5 Å². The summed E-state index contributed by atoms with van der Waals surface area (Å²) in [5, 5.41) is 3.33. The van der Waals surface area contributed by atoms with Crippen LogP contribution in [-0.2, 0) is 9.53 Å². The third kappa shape index (κ3) is 4.78. The van der Waals surface area contributed by atoms with Crippen LogP contribution >= 0.6 is 0 Å². The van der Waals surface area contributed by atoms with Crippen LogP contribution in [0.15, 0.2) is 24.3 Å². The van der Waals surface area contributed by atoms with Gasteiger partial charge in [0.1, 0.15) is 11.6 Å². The van der Waals surface area contributed by atoms with Crippen molar-refractivity contribution in [2.24, 2.45) is 5.92 Å². The Morgan fingerprint density at radius 3 is 2.39 bits per heavy atom. The topological polar surface area (TPSA) is 61.9 Å². The van der Waals surface area contributed by atoms with Crippen molar-refractivity contribution in [2.45, 2.75) is 64.6 Å². The SMILES string of the molecule is C[C@@H]1CC[C@@H](c2ccc(NC3CCN(C)C3=O)cc2)N(C(=O)OC(C)(C)C)C1. The minimum atomic E-state index is -0.503. The molecule has 1 aromatic carbocycles. The minimum absolute atomic E-state index is 0.0272. The molecule has 0 spiro atoms. The van der Waals surface area contributed by atoms with E-state index in [-0.39, 0.29) is 24.1 Å². The van der Waals surface area contributed by atoms with Crippen LogP contribution in [0.5, 0.6) is 0 Å². The lowest BCUT2D eigenvalue weighted by molar-refractivity contribution is -0.127. The summed E-state index contributed by atoms with van der Waals surface area (Å²) in [6.07, 6.45) is 2.60. The number of nitrogens with zero attached hydrogens (tertiary/aromatic N) is 2. The maximum Gasteiger partial charge on any atom is 0.410 e. The first-order chi connectivity index (χ1) is 13.1. The van der Waals surface area contributed by atoms with Gasteiger partial charge in [-0.25, -0.2) is 4.79 Å². The number of hydrogen-bond acceptors (Lipinski definition) is 4. The molecule has 3 atom stereocenters. The Labute approximate surface area is 168 Å². The van der Waals surface area contributed by atoms with Crippen LogP contribution in [-0.4, -0.2) is 53.6 Å². The lowest BCUT2D eigenvalue weighted by Gasteiger charge is -2.39. The number of carbonyl (C=O) groups excluding carboxylic acids is 2. The Morgan fingerprint density at radius 2 is 1.82 bits per heavy atom. The summed E-state index contributed by atoms with van der Waals surface area (Å²) in [7, 11) is 1.84. The number of hydrogen-bond donors (Lipinski definition) is 1. The molecule has 0 bridgehead atoms. The molecule has 6 nitrogen and oxygen atoms in total. The van der Waals surface area contributed by atoms with Crippen LogP contribution in [0.25, 0.3) is 0 Å². The molecule has 0 aromatic heterocycles. The van der Waals surface area contributed by atoms with Gasteiger partial charge in [-0.15, -0.1) is 0 Å². The van der Waals surface area contributed by atoms with Crippen LogP contribution in [0.3, 0.4) is 0 Å². The fourth-order valence-electron chi connectivity index (χ4n) is 3.98. The van der Waals surface area contributed by atoms with E-state index in [9.17, 15) is 9.59 Å². The van der Waals surface area contributed by atoms with E-state index in [0.717, 1.165) is 37.1 Å². The molecule has 154 valence electrons. The van der Waals surface area contributed by atoms with Crippen LogP contribution < -0.4 is 5.32 Å². The van der Waals surface area contributed by atoms with Crippen molar-refractivity contribution in [3.8, 4) is 0 Å². The van der Waals surface area contributed by atoms with Gasteiger partial charge in [0, 0.05) is 25.8 Å². The van der Waals surface area contributed by atoms with Crippen molar-refractivity contribution in [1.29, 1.82) is 0 Å². The highest BCUT2D eigenvalue weighted by molar-refractivity contribution is 5.86. The Balaban J connectivity index is 1.71. The molecule has 3 rings (SSSR count). The third-order valence-electron chi connectivity index (χ3n) is 5.51. The van der Waals surface area contributed by atoms with Crippen molar-refractivity contribution in [2.75, 3.05) is 25.5 Å². The first kappa shape index (κ1) is 20.5. The van der Waals surface area contributed by atoms with E-state index in [1.54, 1.807) is 4.90 Å². The zero-order valence-corrected chi connectivity index (χ0v) is 17.7. The van der Waals surface area contributed by atoms with Gasteiger partial charge < -0.3 is 19.9 Å². The molecule has 2 fully saturated rings. The van der Waals surface area contributed by atoms with Crippen molar-refractivity contribution in [3.63, 3.8) is 0 Å². The third-order valence-corrected chi connectivity index (χ3v) is 5.51. The van der Waals surface area contributed by atoms with Crippen molar-refractivity contribution >= 4 is 17.7 Å². The van der Waals surface area contributed by atoms with Crippen LogP contribution in [0, 0.1) is 5.92 Å². The number of likely N-dealkylation sites (tertiary alicyclic amines) is 2. The number of anilines is 1. The monoisotopic (exact) mass is 387 g/mol. The number of carbonyl (C=O) groups is 2. The Kier molecular flexibility index (Phi) is 5.87. The zero-order valence-electron chi connectivity index (χ0n) is 17.7. The van der Waals surface area contributed by atoms with Gasteiger partial charge in [0.05, 0.1) is 6.04 Å². The normalized spacial score (nSPS) is 25.8. The van der Waals surface area contributed by atoms with E-state index >= 15 is 0 Å². The largest absolute Gasteiger partial charge is 0.444 e. The molecule has 0 radical (unpaired) electrons. The number of piperidine rings is 1. The molecule has 0 aliphatic carbocycles. The second-order valence-corrected chi connectivity index (χ2v) is 9.20. The number of amides is 2. The first-order valence-electron chi connectivity index (χ1n) is 10.2. The molecule has 0 saturated carbocycles. The summed E-state index contributed by atoms with van der Waals surface area (Å²) in [6.45, 7) is 9.37. The Bertz CT molecular complexity index is 711. The molecule has 1 aromatic rings. The van der Waals surface area contributed by atoms with E-state index in [1.165, 1.54) is 0 Å². The van der Waals surface area contributed by atoms with Gasteiger partial charge in [-0.3, -0.25) is 4.79 Å². The molecule has 1 unspecified atom stereocenters. The highest BCUT2D eigenvalue weighted by Gasteiger charge is 2.34. The predicted molar refractivity (Wildman–Crippen MR) is 110 cm³/mol. The minimum Gasteiger partial charge on any atom is -0.444 e. The average molecular weight is 388 g/mol. The van der Waals surface area contributed by atoms with Crippen molar-refractivity contribution in [3.05, 3.63) is 29.8 Å². The maximum absolute atomic E-state index is 12.8. The number of ether oxygens (including phenoxy) is 1. The summed E-state index contributed by atoms with van der Waals surface area (Å²) in [6, 6.07) is 8.01. The van der Waals surface area contributed by atoms with Crippen molar-refractivity contribution < 1.29 is 14.3 Å². The smallest absolute Gasteiger partial charge is 0.410 e. The molecular formula is C22H33N3O3.